The summed E-state index contributed by atoms with van der Waals surface area (Å²) < 4.78 is 4.87. The van der Waals surface area contributed by atoms with Crippen LogP contribution in [0.3, 0.4) is 0 Å². The molecular weight excluding hydrogens is 241 g/mol. The van der Waals surface area contributed by atoms with Crippen molar-refractivity contribution in [2.45, 2.75) is 38.8 Å². The zero-order valence-electron chi connectivity index (χ0n) is 11.1. The Hall–Kier alpha value is 0.336. The second kappa shape index (κ2) is 8.43. The van der Waals surface area contributed by atoms with Gasteiger partial charge in [0.2, 0.25) is 0 Å². The van der Waals surface area contributed by atoms with Crippen molar-refractivity contribution in [1.82, 2.24) is 5.32 Å². The van der Waals surface area contributed by atoms with E-state index < -0.39 is 23.7 Å². The Morgan fingerprint density at radius 3 is 2.25 bits per heavy atom. The van der Waals surface area contributed by atoms with Crippen LogP contribution in [-0.4, -0.2) is 40.5 Å². The predicted octanol–water partition coefficient (Wildman–Crippen LogP) is -2.54. The fourth-order valence-corrected chi connectivity index (χ4v) is 0.836. The SMILES string of the molecule is CC(C)(C)OC(=O)N[C@@H](CCO)C(=O)O.[H-].[K+]. The molecule has 0 heterocycles. The van der Waals surface area contributed by atoms with Crippen molar-refractivity contribution in [1.29, 1.82) is 0 Å². The fourth-order valence-electron chi connectivity index (χ4n) is 0.836. The summed E-state index contributed by atoms with van der Waals surface area (Å²) in [5.41, 5.74) is -0.674. The Morgan fingerprint density at radius 1 is 1.44 bits per heavy atom. The molecule has 6 nitrogen and oxygen atoms in total. The van der Waals surface area contributed by atoms with Crippen molar-refractivity contribution in [2.24, 2.45) is 0 Å². The van der Waals surface area contributed by atoms with Crippen molar-refractivity contribution < 1.29 is 77.4 Å². The van der Waals surface area contributed by atoms with Crippen LogP contribution in [0.25, 0.3) is 0 Å². The van der Waals surface area contributed by atoms with Crippen LogP contribution in [0.2, 0.25) is 0 Å². The molecule has 0 saturated heterocycles. The van der Waals surface area contributed by atoms with E-state index in [-0.39, 0.29) is 65.8 Å². The van der Waals surface area contributed by atoms with E-state index in [4.69, 9.17) is 14.9 Å². The van der Waals surface area contributed by atoms with Crippen molar-refractivity contribution in [2.75, 3.05) is 6.61 Å². The zero-order valence-corrected chi connectivity index (χ0v) is 13.2. The number of hydrogen-bond donors (Lipinski definition) is 3. The Kier molecular flexibility index (Phi) is 9.85. The van der Waals surface area contributed by atoms with Gasteiger partial charge in [-0.1, -0.05) is 0 Å². The topological polar surface area (TPSA) is 95.9 Å². The molecule has 0 aliphatic rings. The number of carboxylic acids is 1. The molecule has 0 bridgehead atoms. The van der Waals surface area contributed by atoms with Gasteiger partial charge < -0.3 is 21.7 Å². The summed E-state index contributed by atoms with van der Waals surface area (Å²) in [4.78, 5) is 21.8. The van der Waals surface area contributed by atoms with Crippen LogP contribution < -0.4 is 56.7 Å². The molecule has 90 valence electrons. The van der Waals surface area contributed by atoms with Gasteiger partial charge in [-0.3, -0.25) is 0 Å². The van der Waals surface area contributed by atoms with Crippen LogP contribution >= 0.6 is 0 Å². The summed E-state index contributed by atoms with van der Waals surface area (Å²) in [7, 11) is 0. The Balaban J connectivity index is -0.000000980. The van der Waals surface area contributed by atoms with E-state index in [2.05, 4.69) is 5.32 Å². The molecule has 1 amide bonds. The number of carboxylic acid groups (broad SMARTS) is 1. The maximum Gasteiger partial charge on any atom is 1.00 e. The van der Waals surface area contributed by atoms with Gasteiger partial charge in [0.1, 0.15) is 11.6 Å². The average molecular weight is 259 g/mol. The minimum atomic E-state index is -1.20. The molecule has 0 spiro atoms. The van der Waals surface area contributed by atoms with E-state index in [1.807, 2.05) is 0 Å². The monoisotopic (exact) mass is 259 g/mol. The molecule has 0 aromatic carbocycles. The van der Waals surface area contributed by atoms with Crippen LogP contribution in [0.5, 0.6) is 0 Å². The smallest absolute Gasteiger partial charge is 1.00 e. The second-order valence-corrected chi connectivity index (χ2v) is 4.05. The third-order valence-corrected chi connectivity index (χ3v) is 1.41. The first kappa shape index (κ1) is 18.7. The molecule has 0 unspecified atom stereocenters. The van der Waals surface area contributed by atoms with E-state index in [0.29, 0.717) is 0 Å². The number of ether oxygens (including phenoxy) is 1. The molecule has 0 aliphatic carbocycles. The molecule has 0 radical (unpaired) electrons. The van der Waals surface area contributed by atoms with Gasteiger partial charge in [0.05, 0.1) is 0 Å². The van der Waals surface area contributed by atoms with Crippen molar-refractivity contribution >= 4 is 12.1 Å². The minimum Gasteiger partial charge on any atom is -1.00 e. The normalized spacial score (nSPS) is 12.2. The maximum atomic E-state index is 11.2. The molecule has 1 atom stereocenters. The van der Waals surface area contributed by atoms with Gasteiger partial charge in [-0.25, -0.2) is 9.59 Å². The second-order valence-electron chi connectivity index (χ2n) is 4.05. The van der Waals surface area contributed by atoms with E-state index >= 15 is 0 Å². The first-order valence-corrected chi connectivity index (χ1v) is 4.59. The van der Waals surface area contributed by atoms with Gasteiger partial charge >= 0.3 is 63.4 Å². The first-order valence-electron chi connectivity index (χ1n) is 4.59. The van der Waals surface area contributed by atoms with Crippen LogP contribution in [0.1, 0.15) is 28.6 Å². The number of alkyl carbamates (subject to hydrolysis) is 1. The number of aliphatic carboxylic acids is 1. The third-order valence-electron chi connectivity index (χ3n) is 1.41. The summed E-state index contributed by atoms with van der Waals surface area (Å²) in [5, 5.41) is 19.4. The molecule has 0 rings (SSSR count). The summed E-state index contributed by atoms with van der Waals surface area (Å²) in [6, 6.07) is -1.12. The van der Waals surface area contributed by atoms with E-state index in [1.165, 1.54) is 0 Å². The van der Waals surface area contributed by atoms with Gasteiger partial charge in [0.25, 0.3) is 0 Å². The van der Waals surface area contributed by atoms with Crippen molar-refractivity contribution in [3.05, 3.63) is 0 Å². The molecule has 0 aromatic heterocycles. The molecule has 0 aliphatic heterocycles. The summed E-state index contributed by atoms with van der Waals surface area (Å²) in [6.45, 7) is 4.71. The quantitative estimate of drug-likeness (QED) is 0.484. The van der Waals surface area contributed by atoms with Crippen LogP contribution in [0.15, 0.2) is 0 Å². The zero-order chi connectivity index (χ0) is 12.1. The Morgan fingerprint density at radius 2 is 1.94 bits per heavy atom. The van der Waals surface area contributed by atoms with E-state index in [1.54, 1.807) is 20.8 Å². The number of carbonyl (C=O) groups excluding carboxylic acids is 1. The van der Waals surface area contributed by atoms with Gasteiger partial charge in [-0.05, 0) is 20.8 Å². The summed E-state index contributed by atoms with van der Waals surface area (Å²) >= 11 is 0. The number of carbonyl (C=O) groups is 2. The predicted molar refractivity (Wildman–Crippen MR) is 53.6 cm³/mol. The van der Waals surface area contributed by atoms with Crippen LogP contribution in [0, 0.1) is 0 Å². The number of rotatable bonds is 4. The Bertz CT molecular complexity index is 244. The van der Waals surface area contributed by atoms with Gasteiger partial charge in [-0.15, -0.1) is 0 Å². The molecule has 0 saturated carbocycles. The Labute approximate surface area is 139 Å². The maximum absolute atomic E-state index is 11.2. The fraction of sp³-hybridized carbons (Fsp3) is 0.778. The molecule has 7 heteroatoms. The van der Waals surface area contributed by atoms with E-state index in [9.17, 15) is 9.59 Å². The standard InChI is InChI=1S/C9H17NO5.K.H/c1-9(2,3)15-8(14)10-6(4-5-11)7(12)13;;/h6,11H,4-5H2,1-3H3,(H,10,14)(H,12,13);;/q;+1;-1/t6-;;/m0../s1. The van der Waals surface area contributed by atoms with Crippen LogP contribution in [0.4, 0.5) is 4.79 Å². The van der Waals surface area contributed by atoms with Crippen LogP contribution in [-0.2, 0) is 9.53 Å². The summed E-state index contributed by atoms with van der Waals surface area (Å²) in [6.07, 6.45) is -0.850. The number of aliphatic hydroxyl groups excluding tert-OH is 1. The summed E-state index contributed by atoms with van der Waals surface area (Å²) in [5.74, 6) is -1.20. The van der Waals surface area contributed by atoms with E-state index in [0.717, 1.165) is 0 Å². The van der Waals surface area contributed by atoms with Gasteiger partial charge in [-0.2, -0.15) is 0 Å². The average Bonchev–Trinajstić information content (AvgIpc) is 1.99. The molecule has 0 aromatic rings. The number of aliphatic hydroxyl groups is 1. The number of nitrogens with one attached hydrogen (secondary N) is 1. The molecule has 3 N–H and O–H groups in total. The van der Waals surface area contributed by atoms with Crippen molar-refractivity contribution in [3.8, 4) is 0 Å². The molecular formula is C9H18KNO5. The minimum absolute atomic E-state index is 0. The third kappa shape index (κ3) is 9.55. The largest absolute Gasteiger partial charge is 1.00 e. The number of amides is 1. The molecule has 16 heavy (non-hydrogen) atoms. The molecule has 0 fully saturated rings. The van der Waals surface area contributed by atoms with Gasteiger partial charge in [0.15, 0.2) is 0 Å². The van der Waals surface area contributed by atoms with Gasteiger partial charge in [0, 0.05) is 13.0 Å². The van der Waals surface area contributed by atoms with Crippen molar-refractivity contribution in [3.63, 3.8) is 0 Å². The first-order chi connectivity index (χ1) is 6.76. The number of hydrogen-bond acceptors (Lipinski definition) is 4.